The van der Waals surface area contributed by atoms with Gasteiger partial charge >= 0.3 is 0 Å². The Balaban J connectivity index is 2.01. The van der Waals surface area contributed by atoms with E-state index in [1.165, 1.54) is 4.88 Å². The molecule has 0 amide bonds. The number of rotatable bonds is 8. The molecule has 1 aromatic heterocycles. The zero-order valence-corrected chi connectivity index (χ0v) is 13.3. The molecular formula is C11H18BrClN2OS. The van der Waals surface area contributed by atoms with Gasteiger partial charge in [-0.3, -0.25) is 0 Å². The zero-order chi connectivity index (χ0) is 12.7. The minimum absolute atomic E-state index is 0.744. The van der Waals surface area contributed by atoms with E-state index >= 15 is 0 Å². The molecule has 98 valence electrons. The predicted molar refractivity (Wildman–Crippen MR) is 78.1 cm³/mol. The second-order valence-corrected chi connectivity index (χ2v) is 6.52. The van der Waals surface area contributed by atoms with Gasteiger partial charge in [0, 0.05) is 29.0 Å². The summed E-state index contributed by atoms with van der Waals surface area (Å²) >= 11 is 10.9. The Morgan fingerprint density at radius 3 is 2.82 bits per heavy atom. The van der Waals surface area contributed by atoms with Gasteiger partial charge in [-0.05, 0) is 36.1 Å². The van der Waals surface area contributed by atoms with Gasteiger partial charge in [-0.2, -0.15) is 0 Å². The fraction of sp³-hybridized carbons (Fsp3) is 0.636. The SMILES string of the molecule is CN(C)CCOCCNCc1cc(Br)c(Cl)s1. The minimum Gasteiger partial charge on any atom is -0.379 e. The second-order valence-electron chi connectivity index (χ2n) is 3.93. The van der Waals surface area contributed by atoms with Crippen molar-refractivity contribution in [1.29, 1.82) is 0 Å². The fourth-order valence-electron chi connectivity index (χ4n) is 1.18. The summed E-state index contributed by atoms with van der Waals surface area (Å²) in [5, 5.41) is 3.32. The normalized spacial score (nSPS) is 11.4. The Morgan fingerprint density at radius 1 is 1.47 bits per heavy atom. The zero-order valence-electron chi connectivity index (χ0n) is 10.1. The first kappa shape index (κ1) is 15.4. The van der Waals surface area contributed by atoms with Crippen LogP contribution in [-0.4, -0.2) is 45.3 Å². The number of ether oxygens (including phenoxy) is 1. The van der Waals surface area contributed by atoms with Gasteiger partial charge < -0.3 is 15.0 Å². The molecule has 0 spiro atoms. The van der Waals surface area contributed by atoms with E-state index in [0.29, 0.717) is 0 Å². The molecule has 0 aliphatic heterocycles. The highest BCUT2D eigenvalue weighted by Crippen LogP contribution is 2.31. The summed E-state index contributed by atoms with van der Waals surface area (Å²) in [5.41, 5.74) is 0. The van der Waals surface area contributed by atoms with Crippen LogP contribution >= 0.6 is 38.9 Å². The van der Waals surface area contributed by atoms with E-state index in [2.05, 4.69) is 26.1 Å². The van der Waals surface area contributed by atoms with Gasteiger partial charge in [0.25, 0.3) is 0 Å². The van der Waals surface area contributed by atoms with Crippen molar-refractivity contribution in [1.82, 2.24) is 10.2 Å². The van der Waals surface area contributed by atoms with Crippen molar-refractivity contribution in [2.45, 2.75) is 6.54 Å². The van der Waals surface area contributed by atoms with E-state index < -0.39 is 0 Å². The van der Waals surface area contributed by atoms with E-state index in [4.69, 9.17) is 16.3 Å². The average molecular weight is 342 g/mol. The number of thiophene rings is 1. The third-order valence-electron chi connectivity index (χ3n) is 2.10. The summed E-state index contributed by atoms with van der Waals surface area (Å²) < 4.78 is 7.26. The number of hydrogen-bond donors (Lipinski definition) is 1. The highest BCUT2D eigenvalue weighted by molar-refractivity contribution is 9.10. The molecule has 6 heteroatoms. The van der Waals surface area contributed by atoms with Crippen LogP contribution in [0.2, 0.25) is 4.34 Å². The van der Waals surface area contributed by atoms with Gasteiger partial charge in [-0.25, -0.2) is 0 Å². The van der Waals surface area contributed by atoms with E-state index in [9.17, 15) is 0 Å². The number of likely N-dealkylation sites (N-methyl/N-ethyl adjacent to an activating group) is 1. The molecule has 0 atom stereocenters. The van der Waals surface area contributed by atoms with Crippen molar-refractivity contribution in [3.05, 3.63) is 19.8 Å². The highest BCUT2D eigenvalue weighted by Gasteiger charge is 2.03. The monoisotopic (exact) mass is 340 g/mol. The molecule has 1 rings (SSSR count). The topological polar surface area (TPSA) is 24.5 Å². The third-order valence-corrected chi connectivity index (χ3v) is 4.58. The molecule has 1 heterocycles. The lowest BCUT2D eigenvalue weighted by atomic mass is 10.4. The van der Waals surface area contributed by atoms with Crippen molar-refractivity contribution >= 4 is 38.9 Å². The lowest BCUT2D eigenvalue weighted by Gasteiger charge is -2.09. The van der Waals surface area contributed by atoms with E-state index in [1.807, 2.05) is 20.2 Å². The molecule has 0 aliphatic carbocycles. The highest BCUT2D eigenvalue weighted by atomic mass is 79.9. The largest absolute Gasteiger partial charge is 0.379 e. The van der Waals surface area contributed by atoms with Crippen molar-refractivity contribution in [2.24, 2.45) is 0 Å². The summed E-state index contributed by atoms with van der Waals surface area (Å²) in [7, 11) is 4.08. The van der Waals surface area contributed by atoms with Gasteiger partial charge in [0.05, 0.1) is 13.2 Å². The Bertz CT molecular complexity index is 314. The quantitative estimate of drug-likeness (QED) is 0.736. The standard InChI is InChI=1S/C11H18BrClN2OS/c1-15(2)4-6-16-5-3-14-8-9-7-10(12)11(13)17-9/h7,14H,3-6,8H2,1-2H3. The second kappa shape index (κ2) is 8.45. The fourth-order valence-corrected chi connectivity index (χ4v) is 2.94. The van der Waals surface area contributed by atoms with Crippen LogP contribution in [0.3, 0.4) is 0 Å². The van der Waals surface area contributed by atoms with Crippen molar-refractivity contribution in [3.8, 4) is 0 Å². The van der Waals surface area contributed by atoms with E-state index in [0.717, 1.165) is 41.7 Å². The van der Waals surface area contributed by atoms with Crippen molar-refractivity contribution in [3.63, 3.8) is 0 Å². The van der Waals surface area contributed by atoms with Crippen LogP contribution in [0, 0.1) is 0 Å². The first-order chi connectivity index (χ1) is 8.09. The maximum Gasteiger partial charge on any atom is 0.107 e. The molecule has 1 aromatic rings. The first-order valence-corrected chi connectivity index (χ1v) is 7.45. The van der Waals surface area contributed by atoms with Crippen molar-refractivity contribution < 1.29 is 4.74 Å². The summed E-state index contributed by atoms with van der Waals surface area (Å²) in [4.78, 5) is 3.34. The van der Waals surface area contributed by atoms with Gasteiger partial charge in [0.1, 0.15) is 4.34 Å². The minimum atomic E-state index is 0.744. The van der Waals surface area contributed by atoms with Crippen LogP contribution in [0.1, 0.15) is 4.88 Å². The average Bonchev–Trinajstić information content (AvgIpc) is 2.56. The lowest BCUT2D eigenvalue weighted by Crippen LogP contribution is -2.22. The van der Waals surface area contributed by atoms with E-state index in [1.54, 1.807) is 11.3 Å². The maximum atomic E-state index is 5.95. The molecular weight excluding hydrogens is 324 g/mol. The van der Waals surface area contributed by atoms with E-state index in [-0.39, 0.29) is 0 Å². The molecule has 0 radical (unpaired) electrons. The predicted octanol–water partition coefficient (Wildman–Crippen LogP) is 2.83. The number of hydrogen-bond acceptors (Lipinski definition) is 4. The van der Waals surface area contributed by atoms with Gasteiger partial charge in [0.15, 0.2) is 0 Å². The molecule has 3 nitrogen and oxygen atoms in total. The number of nitrogens with zero attached hydrogens (tertiary/aromatic N) is 1. The molecule has 0 saturated carbocycles. The molecule has 17 heavy (non-hydrogen) atoms. The third kappa shape index (κ3) is 6.74. The smallest absolute Gasteiger partial charge is 0.107 e. The first-order valence-electron chi connectivity index (χ1n) is 5.46. The maximum absolute atomic E-state index is 5.95. The molecule has 0 aromatic carbocycles. The summed E-state index contributed by atoms with van der Waals surface area (Å²) in [6.45, 7) is 4.19. The Labute approximate surface area is 120 Å². The summed E-state index contributed by atoms with van der Waals surface area (Å²) in [6.07, 6.45) is 0. The van der Waals surface area contributed by atoms with Crippen LogP contribution in [0.15, 0.2) is 10.5 Å². The molecule has 1 N–H and O–H groups in total. The molecule has 0 saturated heterocycles. The number of nitrogens with one attached hydrogen (secondary N) is 1. The Hall–Kier alpha value is 0.350. The van der Waals surface area contributed by atoms with Gasteiger partial charge in [-0.15, -0.1) is 11.3 Å². The summed E-state index contributed by atoms with van der Waals surface area (Å²) in [5.74, 6) is 0. The van der Waals surface area contributed by atoms with Crippen LogP contribution in [-0.2, 0) is 11.3 Å². The molecule has 0 bridgehead atoms. The van der Waals surface area contributed by atoms with Gasteiger partial charge in [0.2, 0.25) is 0 Å². The van der Waals surface area contributed by atoms with Gasteiger partial charge in [-0.1, -0.05) is 11.6 Å². The summed E-state index contributed by atoms with van der Waals surface area (Å²) in [6, 6.07) is 2.05. The Morgan fingerprint density at radius 2 is 2.24 bits per heavy atom. The molecule has 0 unspecified atom stereocenters. The van der Waals surface area contributed by atoms with Crippen LogP contribution in [0.5, 0.6) is 0 Å². The molecule has 0 fully saturated rings. The van der Waals surface area contributed by atoms with Crippen LogP contribution < -0.4 is 5.32 Å². The van der Waals surface area contributed by atoms with Crippen molar-refractivity contribution in [2.75, 3.05) is 40.4 Å². The molecule has 0 aliphatic rings. The number of halogens is 2. The van der Waals surface area contributed by atoms with Crippen LogP contribution in [0.4, 0.5) is 0 Å². The van der Waals surface area contributed by atoms with Crippen LogP contribution in [0.25, 0.3) is 0 Å². The Kier molecular flexibility index (Phi) is 7.66. The lowest BCUT2D eigenvalue weighted by molar-refractivity contribution is 0.119.